The molecule has 84 valence electrons. The molecule has 0 radical (unpaired) electrons. The first-order valence-corrected chi connectivity index (χ1v) is 4.96. The Morgan fingerprint density at radius 1 is 1.67 bits per heavy atom. The first-order valence-electron chi connectivity index (χ1n) is 4.96. The number of hydrogen-bond acceptors (Lipinski definition) is 3. The number of carboxylic acids is 1. The molecule has 5 nitrogen and oxygen atoms in total. The molecule has 15 heavy (non-hydrogen) atoms. The third-order valence-corrected chi connectivity index (χ3v) is 2.68. The number of aliphatic carboxylic acids is 1. The highest BCUT2D eigenvalue weighted by atomic mass is 16.4. The summed E-state index contributed by atoms with van der Waals surface area (Å²) in [6.45, 7) is 2.49. The number of carbonyl (C=O) groups is 1. The molecule has 5 heteroatoms. The molecule has 0 aliphatic carbocycles. The zero-order valence-electron chi connectivity index (χ0n) is 9.10. The Labute approximate surface area is 89.1 Å². The van der Waals surface area contributed by atoms with Gasteiger partial charge in [-0.05, 0) is 26.8 Å². The maximum Gasteiger partial charge on any atom is 0.323 e. The van der Waals surface area contributed by atoms with Crippen molar-refractivity contribution in [1.82, 2.24) is 14.9 Å². The maximum absolute atomic E-state index is 11.0. The van der Waals surface area contributed by atoms with Crippen LogP contribution >= 0.6 is 0 Å². The van der Waals surface area contributed by atoms with Crippen molar-refractivity contribution in [3.63, 3.8) is 0 Å². The number of likely N-dealkylation sites (N-methyl/N-ethyl adjacent to an activating group) is 1. The zero-order chi connectivity index (χ0) is 11.3. The van der Waals surface area contributed by atoms with Crippen LogP contribution in [0, 0.1) is 0 Å². The number of rotatable bonds is 6. The summed E-state index contributed by atoms with van der Waals surface area (Å²) in [6.07, 6.45) is 6.72. The Balaban J connectivity index is 2.38. The molecule has 1 rings (SSSR count). The summed E-state index contributed by atoms with van der Waals surface area (Å²) in [5.41, 5.74) is -0.833. The molecule has 0 spiro atoms. The van der Waals surface area contributed by atoms with Crippen LogP contribution in [0.5, 0.6) is 0 Å². The fraction of sp³-hybridized carbons (Fsp3) is 0.600. The van der Waals surface area contributed by atoms with Crippen molar-refractivity contribution < 1.29 is 9.90 Å². The van der Waals surface area contributed by atoms with Crippen molar-refractivity contribution in [2.24, 2.45) is 0 Å². The molecule has 0 aliphatic rings. The minimum atomic E-state index is -0.833. The van der Waals surface area contributed by atoms with E-state index in [4.69, 9.17) is 5.11 Å². The van der Waals surface area contributed by atoms with E-state index in [0.29, 0.717) is 6.42 Å². The first-order chi connectivity index (χ1) is 7.08. The number of aromatic nitrogens is 2. The van der Waals surface area contributed by atoms with Gasteiger partial charge in [-0.25, -0.2) is 4.98 Å². The van der Waals surface area contributed by atoms with Gasteiger partial charge in [0, 0.05) is 18.9 Å². The van der Waals surface area contributed by atoms with Gasteiger partial charge in [0.2, 0.25) is 0 Å². The summed E-state index contributed by atoms with van der Waals surface area (Å²) >= 11 is 0. The average Bonchev–Trinajstić information content (AvgIpc) is 2.70. The van der Waals surface area contributed by atoms with Crippen molar-refractivity contribution in [3.8, 4) is 0 Å². The molecule has 0 aromatic carbocycles. The minimum absolute atomic E-state index is 0.594. The first kappa shape index (κ1) is 11.7. The van der Waals surface area contributed by atoms with Gasteiger partial charge >= 0.3 is 5.97 Å². The van der Waals surface area contributed by atoms with Crippen LogP contribution in [0.4, 0.5) is 0 Å². The maximum atomic E-state index is 11.0. The van der Waals surface area contributed by atoms with Crippen molar-refractivity contribution in [2.75, 3.05) is 7.05 Å². The molecule has 1 aromatic rings. The SMILES string of the molecule is CNC(C)(CCCn1ccnc1)C(=O)O. The Hall–Kier alpha value is -1.36. The van der Waals surface area contributed by atoms with Gasteiger partial charge in [0.15, 0.2) is 0 Å². The molecular weight excluding hydrogens is 194 g/mol. The van der Waals surface area contributed by atoms with Gasteiger partial charge in [-0.3, -0.25) is 4.79 Å². The predicted molar refractivity (Wildman–Crippen MR) is 56.6 cm³/mol. The van der Waals surface area contributed by atoms with E-state index in [1.165, 1.54) is 0 Å². The van der Waals surface area contributed by atoms with Gasteiger partial charge < -0.3 is 15.0 Å². The van der Waals surface area contributed by atoms with E-state index in [-0.39, 0.29) is 0 Å². The molecule has 0 fully saturated rings. The molecule has 1 aromatic heterocycles. The van der Waals surface area contributed by atoms with Crippen LogP contribution in [0.25, 0.3) is 0 Å². The summed E-state index contributed by atoms with van der Waals surface area (Å²) in [7, 11) is 1.67. The summed E-state index contributed by atoms with van der Waals surface area (Å²) in [5.74, 6) is -0.810. The number of nitrogens with zero attached hydrogens (tertiary/aromatic N) is 2. The van der Waals surface area contributed by atoms with E-state index in [2.05, 4.69) is 10.3 Å². The Bertz CT molecular complexity index is 310. The van der Waals surface area contributed by atoms with Gasteiger partial charge in [-0.1, -0.05) is 0 Å². The number of imidazole rings is 1. The van der Waals surface area contributed by atoms with Crippen LogP contribution in [0.3, 0.4) is 0 Å². The second kappa shape index (κ2) is 4.93. The summed E-state index contributed by atoms with van der Waals surface area (Å²) < 4.78 is 1.94. The van der Waals surface area contributed by atoms with Crippen LogP contribution in [0.2, 0.25) is 0 Å². The molecular formula is C10H17N3O2. The van der Waals surface area contributed by atoms with E-state index in [0.717, 1.165) is 13.0 Å². The fourth-order valence-corrected chi connectivity index (χ4v) is 1.37. The number of hydrogen-bond donors (Lipinski definition) is 2. The molecule has 1 unspecified atom stereocenters. The van der Waals surface area contributed by atoms with Gasteiger partial charge in [0.1, 0.15) is 5.54 Å². The lowest BCUT2D eigenvalue weighted by Crippen LogP contribution is -2.47. The highest BCUT2D eigenvalue weighted by Gasteiger charge is 2.30. The van der Waals surface area contributed by atoms with Crippen molar-refractivity contribution >= 4 is 5.97 Å². The normalized spacial score (nSPS) is 14.8. The van der Waals surface area contributed by atoms with Crippen molar-refractivity contribution in [3.05, 3.63) is 18.7 Å². The van der Waals surface area contributed by atoms with Crippen molar-refractivity contribution in [1.29, 1.82) is 0 Å². The van der Waals surface area contributed by atoms with E-state index >= 15 is 0 Å². The summed E-state index contributed by atoms with van der Waals surface area (Å²) in [4.78, 5) is 14.9. The average molecular weight is 211 g/mol. The lowest BCUT2D eigenvalue weighted by atomic mass is 9.96. The van der Waals surface area contributed by atoms with Crippen LogP contribution < -0.4 is 5.32 Å². The topological polar surface area (TPSA) is 67.2 Å². The van der Waals surface area contributed by atoms with E-state index in [9.17, 15) is 4.79 Å². The molecule has 0 amide bonds. The van der Waals surface area contributed by atoms with Gasteiger partial charge in [-0.15, -0.1) is 0 Å². The molecule has 1 atom stereocenters. The lowest BCUT2D eigenvalue weighted by molar-refractivity contribution is -0.144. The third-order valence-electron chi connectivity index (χ3n) is 2.68. The van der Waals surface area contributed by atoms with Gasteiger partial charge in [0.25, 0.3) is 0 Å². The highest BCUT2D eigenvalue weighted by molar-refractivity contribution is 5.78. The van der Waals surface area contributed by atoms with Gasteiger partial charge in [-0.2, -0.15) is 0 Å². The number of carboxylic acid groups (broad SMARTS) is 1. The predicted octanol–water partition coefficient (Wildman–Crippen LogP) is 0.726. The third kappa shape index (κ3) is 3.06. The van der Waals surface area contributed by atoms with Crippen LogP contribution in [0.15, 0.2) is 18.7 Å². The number of aryl methyl sites for hydroxylation is 1. The second-order valence-electron chi connectivity index (χ2n) is 3.79. The highest BCUT2D eigenvalue weighted by Crippen LogP contribution is 2.12. The molecule has 0 bridgehead atoms. The smallest absolute Gasteiger partial charge is 0.323 e. The van der Waals surface area contributed by atoms with Crippen molar-refractivity contribution in [2.45, 2.75) is 31.8 Å². The van der Waals surface area contributed by atoms with Crippen LogP contribution in [0.1, 0.15) is 19.8 Å². The van der Waals surface area contributed by atoms with Crippen LogP contribution in [-0.4, -0.2) is 33.2 Å². The quantitative estimate of drug-likeness (QED) is 0.727. The molecule has 1 heterocycles. The summed E-state index contributed by atoms with van der Waals surface area (Å²) in [5, 5.41) is 11.8. The minimum Gasteiger partial charge on any atom is -0.480 e. The van der Waals surface area contributed by atoms with Crippen LogP contribution in [-0.2, 0) is 11.3 Å². The Kier molecular flexibility index (Phi) is 3.85. The number of nitrogens with one attached hydrogen (secondary N) is 1. The molecule has 0 aliphatic heterocycles. The Morgan fingerprint density at radius 2 is 2.40 bits per heavy atom. The molecule has 0 saturated carbocycles. The van der Waals surface area contributed by atoms with E-state index in [1.807, 2.05) is 10.8 Å². The largest absolute Gasteiger partial charge is 0.480 e. The van der Waals surface area contributed by atoms with Gasteiger partial charge in [0.05, 0.1) is 6.33 Å². The second-order valence-corrected chi connectivity index (χ2v) is 3.79. The standard InChI is InChI=1S/C10H17N3O2/c1-10(11-2,9(14)15)4-3-6-13-7-5-12-8-13/h5,7-8,11H,3-4,6H2,1-2H3,(H,14,15). The van der Waals surface area contributed by atoms with E-state index < -0.39 is 11.5 Å². The molecule has 0 saturated heterocycles. The van der Waals surface area contributed by atoms with E-state index in [1.54, 1.807) is 26.5 Å². The zero-order valence-corrected chi connectivity index (χ0v) is 9.10. The summed E-state index contributed by atoms with van der Waals surface area (Å²) in [6, 6.07) is 0. The Morgan fingerprint density at radius 3 is 2.87 bits per heavy atom. The monoisotopic (exact) mass is 211 g/mol. The lowest BCUT2D eigenvalue weighted by Gasteiger charge is -2.23. The molecule has 2 N–H and O–H groups in total. The fourth-order valence-electron chi connectivity index (χ4n) is 1.37.